The van der Waals surface area contributed by atoms with Crippen molar-refractivity contribution >= 4 is 86.2 Å². The fraction of sp³-hybridized carbons (Fsp3) is 0.0714. The van der Waals surface area contributed by atoms with E-state index in [1.165, 1.54) is 4.90 Å². The van der Waals surface area contributed by atoms with Gasteiger partial charge in [-0.05, 0) is 69.6 Å². The molecule has 0 radical (unpaired) electrons. The number of benzene rings is 4. The summed E-state index contributed by atoms with van der Waals surface area (Å²) in [4.78, 5) is 27.4. The number of carbonyl (C=O) groups is 2. The van der Waals surface area contributed by atoms with Gasteiger partial charge in [-0.2, -0.15) is 0 Å². The number of nitrogens with zero attached hydrogens (tertiary/aromatic N) is 1. The number of imide groups is 1. The Kier molecular flexibility index (Phi) is 7.70. The molecule has 1 aliphatic heterocycles. The molecule has 0 aliphatic carbocycles. The fourth-order valence-electron chi connectivity index (χ4n) is 3.97. The fourth-order valence-corrected chi connectivity index (χ4v) is 5.75. The van der Waals surface area contributed by atoms with E-state index < -0.39 is 0 Å². The van der Waals surface area contributed by atoms with Gasteiger partial charge in [-0.3, -0.25) is 14.5 Å². The predicted molar refractivity (Wildman–Crippen MR) is 153 cm³/mol. The summed E-state index contributed by atoms with van der Waals surface area (Å²) in [6, 6.07) is 22.2. The summed E-state index contributed by atoms with van der Waals surface area (Å²) in [5.74, 6) is -0.0641. The van der Waals surface area contributed by atoms with Gasteiger partial charge in [0.2, 0.25) is 0 Å². The molecule has 0 atom stereocenters. The Bertz CT molecular complexity index is 1560. The van der Waals surface area contributed by atoms with E-state index in [1.54, 1.807) is 36.4 Å². The van der Waals surface area contributed by atoms with Gasteiger partial charge in [0.1, 0.15) is 6.61 Å². The normalized spacial score (nSPS) is 14.7. The van der Waals surface area contributed by atoms with E-state index in [2.05, 4.69) is 0 Å². The summed E-state index contributed by atoms with van der Waals surface area (Å²) in [6.45, 7) is 0.370. The highest BCUT2D eigenvalue weighted by Gasteiger charge is 2.35. The Morgan fingerprint density at radius 3 is 2.30 bits per heavy atom. The van der Waals surface area contributed by atoms with Crippen LogP contribution in [-0.4, -0.2) is 16.0 Å². The molecule has 0 N–H and O–H groups in total. The average molecular weight is 589 g/mol. The second-order valence-corrected chi connectivity index (χ2v) is 10.9. The number of rotatable bonds is 6. The van der Waals surface area contributed by atoms with Crippen molar-refractivity contribution in [3.8, 4) is 5.75 Å². The maximum absolute atomic E-state index is 13.1. The minimum Gasteiger partial charge on any atom is -0.486 e. The molecule has 0 aromatic heterocycles. The van der Waals surface area contributed by atoms with E-state index in [1.807, 2.05) is 42.5 Å². The van der Waals surface area contributed by atoms with Crippen LogP contribution in [0.15, 0.2) is 77.7 Å². The van der Waals surface area contributed by atoms with Crippen LogP contribution in [-0.2, 0) is 17.9 Å². The molecule has 1 heterocycles. The molecule has 1 saturated heterocycles. The quantitative estimate of drug-likeness (QED) is 0.211. The van der Waals surface area contributed by atoms with E-state index in [-0.39, 0.29) is 34.3 Å². The molecular weight excluding hydrogens is 572 g/mol. The molecule has 4 aromatic rings. The zero-order valence-corrected chi connectivity index (χ0v) is 22.9. The molecule has 1 fully saturated rings. The van der Waals surface area contributed by atoms with Crippen LogP contribution < -0.4 is 4.74 Å². The molecule has 0 saturated carbocycles. The summed E-state index contributed by atoms with van der Waals surface area (Å²) in [6.07, 6.45) is 1.61. The standard InChI is InChI=1S/C28H17Cl4NO3S/c29-21-9-8-16(10-22(21)30)15-36-26-23(31)11-17(12-24(26)32)13-25-27(34)33(28(35)37-25)14-19-6-3-5-18-4-1-2-7-20(18)19/h1-13H,14-15H2/b25-13+. The number of thioether (sulfide) groups is 1. The first-order valence-electron chi connectivity index (χ1n) is 11.1. The number of hydrogen-bond donors (Lipinski definition) is 0. The molecule has 4 aromatic carbocycles. The Balaban J connectivity index is 1.34. The van der Waals surface area contributed by atoms with Crippen molar-refractivity contribution in [3.05, 3.63) is 114 Å². The van der Waals surface area contributed by atoms with E-state index in [9.17, 15) is 9.59 Å². The zero-order valence-electron chi connectivity index (χ0n) is 19.0. The van der Waals surface area contributed by atoms with Crippen molar-refractivity contribution in [3.63, 3.8) is 0 Å². The highest BCUT2D eigenvalue weighted by Crippen LogP contribution is 2.38. The van der Waals surface area contributed by atoms with Crippen LogP contribution in [0.5, 0.6) is 5.75 Å². The summed E-state index contributed by atoms with van der Waals surface area (Å²) >= 11 is 25.8. The van der Waals surface area contributed by atoms with Gasteiger partial charge in [0, 0.05) is 0 Å². The van der Waals surface area contributed by atoms with Crippen LogP contribution in [0.25, 0.3) is 16.8 Å². The van der Waals surface area contributed by atoms with Crippen molar-refractivity contribution in [1.29, 1.82) is 0 Å². The third-order valence-corrected chi connectivity index (χ3v) is 7.98. The van der Waals surface area contributed by atoms with E-state index in [0.717, 1.165) is 33.7 Å². The molecule has 0 spiro atoms. The van der Waals surface area contributed by atoms with Crippen molar-refractivity contribution < 1.29 is 14.3 Å². The van der Waals surface area contributed by atoms with Gasteiger partial charge in [0.15, 0.2) is 5.75 Å². The molecule has 1 aliphatic rings. The number of amides is 2. The minimum atomic E-state index is -0.366. The number of carbonyl (C=O) groups excluding carboxylic acids is 2. The minimum absolute atomic E-state index is 0.183. The third-order valence-electron chi connectivity index (χ3n) is 5.77. The highest BCUT2D eigenvalue weighted by atomic mass is 35.5. The first kappa shape index (κ1) is 26.0. The van der Waals surface area contributed by atoms with E-state index in [0.29, 0.717) is 26.3 Å². The molecule has 5 rings (SSSR count). The second kappa shape index (κ2) is 11.0. The van der Waals surface area contributed by atoms with E-state index >= 15 is 0 Å². The Morgan fingerprint density at radius 2 is 1.54 bits per heavy atom. The molecule has 9 heteroatoms. The summed E-state index contributed by atoms with van der Waals surface area (Å²) in [7, 11) is 0. The van der Waals surface area contributed by atoms with Gasteiger partial charge in [0.25, 0.3) is 11.1 Å². The Hall–Kier alpha value is -2.67. The van der Waals surface area contributed by atoms with Crippen LogP contribution >= 0.6 is 58.2 Å². The molecule has 37 heavy (non-hydrogen) atoms. The van der Waals surface area contributed by atoms with Gasteiger partial charge < -0.3 is 4.74 Å². The third kappa shape index (κ3) is 5.62. The average Bonchev–Trinajstić information content (AvgIpc) is 3.13. The van der Waals surface area contributed by atoms with Crippen molar-refractivity contribution in [1.82, 2.24) is 4.90 Å². The van der Waals surface area contributed by atoms with Crippen LogP contribution in [0, 0.1) is 0 Å². The van der Waals surface area contributed by atoms with Gasteiger partial charge >= 0.3 is 0 Å². The first-order chi connectivity index (χ1) is 17.8. The monoisotopic (exact) mass is 587 g/mol. The maximum Gasteiger partial charge on any atom is 0.293 e. The lowest BCUT2D eigenvalue weighted by atomic mass is 10.0. The Morgan fingerprint density at radius 1 is 0.811 bits per heavy atom. The lowest BCUT2D eigenvalue weighted by molar-refractivity contribution is -0.123. The smallest absolute Gasteiger partial charge is 0.293 e. The van der Waals surface area contributed by atoms with Crippen molar-refractivity contribution in [2.45, 2.75) is 13.2 Å². The number of hydrogen-bond acceptors (Lipinski definition) is 4. The number of halogens is 4. The van der Waals surface area contributed by atoms with Crippen LogP contribution in [0.1, 0.15) is 16.7 Å². The molecule has 186 valence electrons. The van der Waals surface area contributed by atoms with Crippen LogP contribution in [0.4, 0.5) is 4.79 Å². The molecular formula is C28H17Cl4NO3S. The highest BCUT2D eigenvalue weighted by molar-refractivity contribution is 8.18. The van der Waals surface area contributed by atoms with Crippen molar-refractivity contribution in [2.24, 2.45) is 0 Å². The van der Waals surface area contributed by atoms with Crippen LogP contribution in [0.3, 0.4) is 0 Å². The maximum atomic E-state index is 13.1. The van der Waals surface area contributed by atoms with Gasteiger partial charge in [-0.25, -0.2) is 0 Å². The molecule has 0 bridgehead atoms. The van der Waals surface area contributed by atoms with E-state index in [4.69, 9.17) is 51.1 Å². The second-order valence-electron chi connectivity index (χ2n) is 8.26. The Labute approximate surface area is 237 Å². The van der Waals surface area contributed by atoms with Crippen LogP contribution in [0.2, 0.25) is 20.1 Å². The van der Waals surface area contributed by atoms with Gasteiger partial charge in [-0.1, -0.05) is 94.9 Å². The lowest BCUT2D eigenvalue weighted by Gasteiger charge is -2.14. The number of fused-ring (bicyclic) bond motifs is 1. The largest absolute Gasteiger partial charge is 0.486 e. The number of ether oxygens (including phenoxy) is 1. The predicted octanol–water partition coefficient (Wildman–Crippen LogP) is 9.27. The summed E-state index contributed by atoms with van der Waals surface area (Å²) in [5.41, 5.74) is 2.27. The van der Waals surface area contributed by atoms with Gasteiger partial charge in [0.05, 0.1) is 31.5 Å². The lowest BCUT2D eigenvalue weighted by Crippen LogP contribution is -2.27. The molecule has 0 unspecified atom stereocenters. The zero-order chi connectivity index (χ0) is 26.1. The first-order valence-corrected chi connectivity index (χ1v) is 13.4. The van der Waals surface area contributed by atoms with Crippen molar-refractivity contribution in [2.75, 3.05) is 0 Å². The topological polar surface area (TPSA) is 46.6 Å². The summed E-state index contributed by atoms with van der Waals surface area (Å²) < 4.78 is 5.81. The SMILES string of the molecule is O=C1S/C(=C/c2cc(Cl)c(OCc3ccc(Cl)c(Cl)c3)c(Cl)c2)C(=O)N1Cc1cccc2ccccc12. The molecule has 2 amide bonds. The van der Waals surface area contributed by atoms with Gasteiger partial charge in [-0.15, -0.1) is 0 Å². The summed E-state index contributed by atoms with van der Waals surface area (Å²) in [5, 5.41) is 3.14. The molecule has 4 nitrogen and oxygen atoms in total.